The van der Waals surface area contributed by atoms with E-state index in [1.54, 1.807) is 0 Å². The fourth-order valence-corrected chi connectivity index (χ4v) is 0.801. The molecule has 0 amide bonds. The monoisotopic (exact) mass is 406 g/mol. The summed E-state index contributed by atoms with van der Waals surface area (Å²) in [6.45, 7) is 5.49. The summed E-state index contributed by atoms with van der Waals surface area (Å²) in [5.74, 6) is 0. The second-order valence-corrected chi connectivity index (χ2v) is 3.85. The summed E-state index contributed by atoms with van der Waals surface area (Å²) in [6, 6.07) is 0. The van der Waals surface area contributed by atoms with E-state index in [0.29, 0.717) is 13.2 Å². The van der Waals surface area contributed by atoms with Gasteiger partial charge in [-0.2, -0.15) is 0 Å². The van der Waals surface area contributed by atoms with E-state index >= 15 is 0 Å². The van der Waals surface area contributed by atoms with Crippen molar-refractivity contribution >= 4 is 83.7 Å². The summed E-state index contributed by atoms with van der Waals surface area (Å²) in [7, 11) is 0. The van der Waals surface area contributed by atoms with Crippen LogP contribution < -0.4 is 11.5 Å². The van der Waals surface area contributed by atoms with Crippen LogP contribution in [0.4, 0.5) is 0 Å². The largest absolute Gasteiger partial charge is 2.00 e. The van der Waals surface area contributed by atoms with Gasteiger partial charge in [0.1, 0.15) is 0 Å². The van der Waals surface area contributed by atoms with E-state index in [4.69, 9.17) is 20.9 Å². The average molecular weight is 406 g/mol. The fraction of sp³-hybridized carbons (Fsp3) is 0.800. The van der Waals surface area contributed by atoms with Gasteiger partial charge in [-0.05, 0) is 37.3 Å². The third-order valence-corrected chi connectivity index (χ3v) is 1.72. The first kappa shape index (κ1) is 23.1. The molecule has 0 unspecified atom stereocenters. The minimum absolute atomic E-state index is 0. The molecule has 4 nitrogen and oxygen atoms in total. The molecule has 0 radical (unpaired) electrons. The van der Waals surface area contributed by atoms with Crippen molar-refractivity contribution in [1.29, 1.82) is 0 Å². The number of nitrogens with two attached hydrogens (primary N) is 2. The normalized spacial score (nSPS) is 8.12. The molecule has 0 fully saturated rings. The minimum Gasteiger partial charge on any atom is -1.00 e. The molecule has 0 rings (SSSR count). The van der Waals surface area contributed by atoms with Gasteiger partial charge in [-0.25, -0.2) is 0 Å². The van der Waals surface area contributed by atoms with E-state index in [1.807, 2.05) is 0 Å². The predicted octanol–water partition coefficient (Wildman–Crippen LogP) is 1.94. The molecule has 100 valence electrons. The van der Waals surface area contributed by atoms with Crippen LogP contribution in [-0.2, 0) is 9.47 Å². The number of ether oxygens (including phenoxy) is 2. The van der Waals surface area contributed by atoms with Gasteiger partial charge in [0.05, 0.1) is 13.2 Å². The van der Waals surface area contributed by atoms with Crippen molar-refractivity contribution in [2.45, 2.75) is 39.5 Å². The first-order valence-electron chi connectivity index (χ1n) is 5.39. The van der Waals surface area contributed by atoms with Crippen LogP contribution in [0.5, 0.6) is 0 Å². The molecule has 7 heteroatoms. The molecule has 0 saturated heterocycles. The number of hydrogen-bond acceptors (Lipinski definition) is 4. The molecule has 0 aromatic rings. The zero-order valence-corrected chi connectivity index (χ0v) is 16.8. The van der Waals surface area contributed by atoms with Crippen molar-refractivity contribution in [1.82, 2.24) is 0 Å². The van der Waals surface area contributed by atoms with Crippen molar-refractivity contribution in [3.8, 4) is 0 Å². The van der Waals surface area contributed by atoms with E-state index in [0.717, 1.165) is 25.7 Å². The molecular weight excluding hydrogens is 382 g/mol. The Morgan fingerprint density at radius 2 is 1.24 bits per heavy atom. The van der Waals surface area contributed by atoms with Crippen LogP contribution >= 0.6 is 24.4 Å². The molecule has 0 aliphatic rings. The van der Waals surface area contributed by atoms with E-state index < -0.39 is 0 Å². The molecule has 0 spiro atoms. The van der Waals surface area contributed by atoms with Gasteiger partial charge in [-0.1, -0.05) is 26.7 Å². The molecule has 0 saturated carbocycles. The summed E-state index contributed by atoms with van der Waals surface area (Å²) >= 11 is 8.93. The maximum absolute atomic E-state index is 5.04. The van der Waals surface area contributed by atoms with Crippen LogP contribution in [0.3, 0.4) is 0 Å². The van der Waals surface area contributed by atoms with Crippen LogP contribution in [0, 0.1) is 0 Å². The minimum atomic E-state index is 0. The van der Waals surface area contributed by atoms with E-state index in [2.05, 4.69) is 38.3 Å². The van der Waals surface area contributed by atoms with Gasteiger partial charge in [0.25, 0.3) is 10.3 Å². The smallest absolute Gasteiger partial charge is 1.00 e. The van der Waals surface area contributed by atoms with E-state index in [9.17, 15) is 0 Å². The molecule has 4 N–H and O–H groups in total. The Morgan fingerprint density at radius 1 is 0.941 bits per heavy atom. The van der Waals surface area contributed by atoms with Crippen molar-refractivity contribution in [3.05, 3.63) is 0 Å². The van der Waals surface area contributed by atoms with Gasteiger partial charge in [-0.15, -0.1) is 0 Å². The van der Waals surface area contributed by atoms with Crippen LogP contribution in [0.2, 0.25) is 0 Å². The SMILES string of the molecule is CCCCOC(N)=S.CCCCOC(N)=S.[Ba+2].[H-].[H-]. The second kappa shape index (κ2) is 19.3. The predicted molar refractivity (Wildman–Crippen MR) is 83.3 cm³/mol. The summed E-state index contributed by atoms with van der Waals surface area (Å²) in [5, 5.41) is 0.303. The Morgan fingerprint density at radius 3 is 1.41 bits per heavy atom. The number of rotatable bonds is 6. The van der Waals surface area contributed by atoms with Crippen LogP contribution in [-0.4, -0.2) is 72.4 Å². The molecule has 0 bridgehead atoms. The summed E-state index contributed by atoms with van der Waals surface area (Å²) in [6.07, 6.45) is 4.28. The quantitative estimate of drug-likeness (QED) is 0.400. The Balaban J connectivity index is -0.0000000594. The molecule has 0 heterocycles. The van der Waals surface area contributed by atoms with Gasteiger partial charge in [0.2, 0.25) is 0 Å². The summed E-state index contributed by atoms with van der Waals surface area (Å²) < 4.78 is 9.58. The van der Waals surface area contributed by atoms with Gasteiger partial charge in [0, 0.05) is 0 Å². The Labute approximate surface area is 158 Å². The van der Waals surface area contributed by atoms with Crippen LogP contribution in [0.25, 0.3) is 0 Å². The molecule has 0 aliphatic carbocycles. The third-order valence-electron chi connectivity index (χ3n) is 1.48. The van der Waals surface area contributed by atoms with Crippen LogP contribution in [0.15, 0.2) is 0 Å². The zero-order chi connectivity index (χ0) is 12.8. The molecular formula is C10H24BaN2O2S2. The molecule has 17 heavy (non-hydrogen) atoms. The standard InChI is InChI=1S/2C5H11NOS.Ba.2H/c2*1-2-3-4-7-5(6)8;;;/h2*2-4H2,1H3,(H2,6,8);;;/q;;+2;2*-1. The first-order valence-corrected chi connectivity index (χ1v) is 6.20. The van der Waals surface area contributed by atoms with Gasteiger partial charge >= 0.3 is 48.9 Å². The average Bonchev–Trinajstić information content (AvgIpc) is 2.18. The van der Waals surface area contributed by atoms with E-state index in [1.165, 1.54) is 0 Å². The van der Waals surface area contributed by atoms with Crippen molar-refractivity contribution in [2.75, 3.05) is 13.2 Å². The zero-order valence-electron chi connectivity index (χ0n) is 12.7. The Bertz CT molecular complexity index is 184. The van der Waals surface area contributed by atoms with Gasteiger partial charge in [-0.3, -0.25) is 0 Å². The van der Waals surface area contributed by atoms with Crippen molar-refractivity contribution in [3.63, 3.8) is 0 Å². The number of thiocarbonyl (C=S) groups is 2. The summed E-state index contributed by atoms with van der Waals surface area (Å²) in [4.78, 5) is 0. The fourth-order valence-electron chi connectivity index (χ4n) is 0.634. The van der Waals surface area contributed by atoms with Gasteiger partial charge < -0.3 is 23.8 Å². The first-order chi connectivity index (χ1) is 7.54. The number of unbranched alkanes of at least 4 members (excludes halogenated alkanes) is 2. The Hall–Kier alpha value is 0.951. The van der Waals surface area contributed by atoms with E-state index in [-0.39, 0.29) is 62.1 Å². The van der Waals surface area contributed by atoms with Crippen LogP contribution in [0.1, 0.15) is 42.4 Å². The van der Waals surface area contributed by atoms with Crippen molar-refractivity contribution < 1.29 is 12.3 Å². The molecule has 0 aromatic heterocycles. The molecule has 0 aromatic carbocycles. The molecule has 0 atom stereocenters. The number of hydrogen-bond donors (Lipinski definition) is 2. The van der Waals surface area contributed by atoms with Crippen molar-refractivity contribution in [2.24, 2.45) is 11.5 Å². The third kappa shape index (κ3) is 31.6. The second-order valence-electron chi connectivity index (χ2n) is 3.04. The topological polar surface area (TPSA) is 70.5 Å². The summed E-state index contributed by atoms with van der Waals surface area (Å²) in [5.41, 5.74) is 10.1. The van der Waals surface area contributed by atoms with Gasteiger partial charge in [0.15, 0.2) is 0 Å². The Kier molecular flexibility index (Phi) is 26.2. The maximum Gasteiger partial charge on any atom is 2.00 e. The maximum atomic E-state index is 5.04. The molecule has 0 aliphatic heterocycles.